The molecule has 1 aliphatic heterocycles. The fourth-order valence-corrected chi connectivity index (χ4v) is 3.26. The highest BCUT2D eigenvalue weighted by molar-refractivity contribution is 8.00. The van der Waals surface area contributed by atoms with Crippen molar-refractivity contribution in [3.05, 3.63) is 29.8 Å². The summed E-state index contributed by atoms with van der Waals surface area (Å²) in [5.74, 6) is 0. The molecule has 0 aliphatic carbocycles. The van der Waals surface area contributed by atoms with Gasteiger partial charge in [0, 0.05) is 29.3 Å². The maximum Gasteiger partial charge on any atom is 0.0445 e. The van der Waals surface area contributed by atoms with E-state index in [9.17, 15) is 0 Å². The molecule has 0 radical (unpaired) electrons. The van der Waals surface area contributed by atoms with Crippen LogP contribution in [-0.4, -0.2) is 29.5 Å². The van der Waals surface area contributed by atoms with Crippen molar-refractivity contribution in [1.82, 2.24) is 5.32 Å². The van der Waals surface area contributed by atoms with Crippen molar-refractivity contribution in [2.45, 2.75) is 36.0 Å². The second kappa shape index (κ2) is 5.71. The molecule has 0 saturated carbocycles. The van der Waals surface area contributed by atoms with Gasteiger partial charge in [0.15, 0.2) is 0 Å². The molecular weight excluding hydrogens is 218 g/mol. The van der Waals surface area contributed by atoms with E-state index in [2.05, 4.69) is 36.5 Å². The molecule has 0 bridgehead atoms. The average molecular weight is 237 g/mol. The summed E-state index contributed by atoms with van der Waals surface area (Å²) >= 11 is 1.97. The van der Waals surface area contributed by atoms with Crippen molar-refractivity contribution in [3.8, 4) is 0 Å². The molecule has 0 fully saturated rings. The lowest BCUT2D eigenvalue weighted by molar-refractivity contribution is 0.269. The van der Waals surface area contributed by atoms with E-state index in [0.29, 0.717) is 11.3 Å². The number of aliphatic hydroxyl groups excluding tert-OH is 1. The van der Waals surface area contributed by atoms with Gasteiger partial charge in [-0.1, -0.05) is 18.2 Å². The molecule has 2 nitrogen and oxygen atoms in total. The molecule has 0 aromatic heterocycles. The largest absolute Gasteiger partial charge is 0.396 e. The van der Waals surface area contributed by atoms with Crippen LogP contribution < -0.4 is 5.32 Å². The highest BCUT2D eigenvalue weighted by atomic mass is 32.2. The molecule has 0 spiro atoms. The number of rotatable bonds is 5. The number of hydrogen-bond acceptors (Lipinski definition) is 3. The van der Waals surface area contributed by atoms with Crippen molar-refractivity contribution in [2.75, 3.05) is 13.2 Å². The van der Waals surface area contributed by atoms with Gasteiger partial charge in [0.25, 0.3) is 0 Å². The highest BCUT2D eigenvalue weighted by Crippen LogP contribution is 2.36. The Hall–Kier alpha value is -0.510. The van der Waals surface area contributed by atoms with Crippen LogP contribution in [0.4, 0.5) is 0 Å². The van der Waals surface area contributed by atoms with E-state index in [4.69, 9.17) is 5.11 Å². The Labute approximate surface area is 101 Å². The molecule has 2 unspecified atom stereocenters. The average Bonchev–Trinajstić information content (AvgIpc) is 2.69. The summed E-state index contributed by atoms with van der Waals surface area (Å²) in [6.45, 7) is 3.43. The first-order valence-corrected chi connectivity index (χ1v) is 6.76. The Kier molecular flexibility index (Phi) is 4.27. The van der Waals surface area contributed by atoms with Gasteiger partial charge in [0.1, 0.15) is 0 Å². The van der Waals surface area contributed by atoms with Gasteiger partial charge in [-0.15, -0.1) is 11.8 Å². The Morgan fingerprint density at radius 2 is 2.31 bits per heavy atom. The van der Waals surface area contributed by atoms with Crippen LogP contribution in [0.3, 0.4) is 0 Å². The van der Waals surface area contributed by atoms with Gasteiger partial charge in [0.05, 0.1) is 0 Å². The lowest BCUT2D eigenvalue weighted by atomic mass is 10.1. The van der Waals surface area contributed by atoms with Crippen LogP contribution in [0.25, 0.3) is 0 Å². The van der Waals surface area contributed by atoms with Crippen LogP contribution in [0, 0.1) is 0 Å². The summed E-state index contributed by atoms with van der Waals surface area (Å²) in [6.07, 6.45) is 2.00. The minimum atomic E-state index is 0.270. The molecule has 0 amide bonds. The Morgan fingerprint density at radius 1 is 1.50 bits per heavy atom. The van der Waals surface area contributed by atoms with Crippen molar-refractivity contribution < 1.29 is 5.11 Å². The number of nitrogens with one attached hydrogen (secondary N) is 1. The summed E-state index contributed by atoms with van der Waals surface area (Å²) in [6, 6.07) is 9.06. The topological polar surface area (TPSA) is 32.3 Å². The number of benzene rings is 1. The normalized spacial score (nSPS) is 20.8. The molecule has 2 atom stereocenters. The predicted octanol–water partition coefficient (Wildman–Crippen LogP) is 2.06. The Bertz CT molecular complexity index is 317. The van der Waals surface area contributed by atoms with E-state index in [1.165, 1.54) is 16.9 Å². The van der Waals surface area contributed by atoms with E-state index in [1.54, 1.807) is 0 Å². The van der Waals surface area contributed by atoms with Gasteiger partial charge >= 0.3 is 0 Å². The van der Waals surface area contributed by atoms with E-state index >= 15 is 0 Å². The number of thioether (sulfide) groups is 1. The first kappa shape index (κ1) is 12.0. The van der Waals surface area contributed by atoms with Crippen LogP contribution >= 0.6 is 11.8 Å². The lowest BCUT2D eigenvalue weighted by Gasteiger charge is -2.15. The standard InChI is InChI=1S/C13H19NOS/c1-10(6-7-15)14-9-12-8-11-4-2-3-5-13(11)16-12/h2-5,10,12,14-15H,6-9H2,1H3. The zero-order valence-corrected chi connectivity index (χ0v) is 10.5. The molecule has 2 N–H and O–H groups in total. The van der Waals surface area contributed by atoms with E-state index in [-0.39, 0.29) is 6.61 Å². The van der Waals surface area contributed by atoms with E-state index in [1.807, 2.05) is 11.8 Å². The molecule has 1 aromatic carbocycles. The second-order valence-corrected chi connectivity index (χ2v) is 5.72. The number of fused-ring (bicyclic) bond motifs is 1. The summed E-state index contributed by atoms with van der Waals surface area (Å²) < 4.78 is 0. The summed E-state index contributed by atoms with van der Waals surface area (Å²) in [7, 11) is 0. The zero-order valence-electron chi connectivity index (χ0n) is 9.65. The molecular formula is C13H19NOS. The number of aliphatic hydroxyl groups is 1. The van der Waals surface area contributed by atoms with E-state index < -0.39 is 0 Å². The lowest BCUT2D eigenvalue weighted by Crippen LogP contribution is -2.32. The molecule has 88 valence electrons. The molecule has 0 saturated heterocycles. The first-order valence-electron chi connectivity index (χ1n) is 5.88. The van der Waals surface area contributed by atoms with Gasteiger partial charge in [-0.25, -0.2) is 0 Å². The fourth-order valence-electron chi connectivity index (χ4n) is 2.00. The van der Waals surface area contributed by atoms with Gasteiger partial charge in [-0.2, -0.15) is 0 Å². The van der Waals surface area contributed by atoms with E-state index in [0.717, 1.165) is 13.0 Å². The summed E-state index contributed by atoms with van der Waals surface area (Å²) in [4.78, 5) is 1.43. The Morgan fingerprint density at radius 3 is 3.06 bits per heavy atom. The fraction of sp³-hybridized carbons (Fsp3) is 0.538. The molecule has 1 heterocycles. The van der Waals surface area contributed by atoms with Crippen LogP contribution in [0.2, 0.25) is 0 Å². The first-order chi connectivity index (χ1) is 7.79. The van der Waals surface area contributed by atoms with Crippen LogP contribution in [0.1, 0.15) is 18.9 Å². The van der Waals surface area contributed by atoms with Crippen LogP contribution in [-0.2, 0) is 6.42 Å². The van der Waals surface area contributed by atoms with Crippen molar-refractivity contribution in [2.24, 2.45) is 0 Å². The molecule has 2 rings (SSSR count). The maximum atomic E-state index is 8.83. The smallest absolute Gasteiger partial charge is 0.0445 e. The SMILES string of the molecule is CC(CCO)NCC1Cc2ccccc2S1. The molecule has 1 aliphatic rings. The molecule has 16 heavy (non-hydrogen) atoms. The summed E-state index contributed by atoms with van der Waals surface area (Å²) in [5.41, 5.74) is 1.48. The van der Waals surface area contributed by atoms with Gasteiger partial charge in [-0.05, 0) is 31.4 Å². The van der Waals surface area contributed by atoms with Crippen LogP contribution in [0.15, 0.2) is 29.2 Å². The third-order valence-corrected chi connectivity index (χ3v) is 4.29. The van der Waals surface area contributed by atoms with Crippen LogP contribution in [0.5, 0.6) is 0 Å². The minimum absolute atomic E-state index is 0.270. The predicted molar refractivity (Wildman–Crippen MR) is 69.0 cm³/mol. The molecule has 1 aromatic rings. The quantitative estimate of drug-likeness (QED) is 0.822. The number of hydrogen-bond donors (Lipinski definition) is 2. The third-order valence-electron chi connectivity index (χ3n) is 2.97. The molecule has 3 heteroatoms. The highest BCUT2D eigenvalue weighted by Gasteiger charge is 2.21. The summed E-state index contributed by atoms with van der Waals surface area (Å²) in [5, 5.41) is 13.0. The monoisotopic (exact) mass is 237 g/mol. The van der Waals surface area contributed by atoms with Gasteiger partial charge < -0.3 is 10.4 Å². The minimum Gasteiger partial charge on any atom is -0.396 e. The Balaban J connectivity index is 1.79. The second-order valence-electron chi connectivity index (χ2n) is 4.37. The maximum absolute atomic E-state index is 8.83. The van der Waals surface area contributed by atoms with Crippen molar-refractivity contribution >= 4 is 11.8 Å². The van der Waals surface area contributed by atoms with Gasteiger partial charge in [-0.3, -0.25) is 0 Å². The zero-order chi connectivity index (χ0) is 11.4. The van der Waals surface area contributed by atoms with Gasteiger partial charge in [0.2, 0.25) is 0 Å². The van der Waals surface area contributed by atoms with Crippen molar-refractivity contribution in [1.29, 1.82) is 0 Å². The van der Waals surface area contributed by atoms with Crippen molar-refractivity contribution in [3.63, 3.8) is 0 Å². The third kappa shape index (κ3) is 3.00.